The molecule has 2 unspecified atom stereocenters. The molecule has 4 aromatic rings. The van der Waals surface area contributed by atoms with Gasteiger partial charge in [0.2, 0.25) is 0 Å². The van der Waals surface area contributed by atoms with Crippen molar-refractivity contribution >= 4 is 28.4 Å². The summed E-state index contributed by atoms with van der Waals surface area (Å²) in [6.07, 6.45) is 0.603. The van der Waals surface area contributed by atoms with Gasteiger partial charge in [0.25, 0.3) is 5.95 Å². The maximum absolute atomic E-state index is 13.7. The number of carbonyl (C=O) groups excluding carboxylic acids is 1. The molecule has 3 aromatic carbocycles. The first-order chi connectivity index (χ1) is 16.6. The third kappa shape index (κ3) is 4.32. The third-order valence-corrected chi connectivity index (χ3v) is 6.09. The highest BCUT2D eigenvalue weighted by Gasteiger charge is 2.42. The number of esters is 1. The van der Waals surface area contributed by atoms with Gasteiger partial charge in [0.15, 0.2) is 0 Å². The van der Waals surface area contributed by atoms with Crippen LogP contribution in [0.4, 0.5) is 5.95 Å². The topological polar surface area (TPSA) is 85.5 Å². The number of aliphatic imine (C=N–C) groups is 1. The smallest absolute Gasteiger partial charge is 0.317 e. The average molecular weight is 455 g/mol. The number of carbonyl (C=O) groups is 1. The molecule has 0 radical (unpaired) electrons. The van der Waals surface area contributed by atoms with Gasteiger partial charge in [0.1, 0.15) is 18.6 Å². The van der Waals surface area contributed by atoms with E-state index in [0.29, 0.717) is 12.4 Å². The third-order valence-electron chi connectivity index (χ3n) is 6.09. The van der Waals surface area contributed by atoms with Crippen LogP contribution in [0.3, 0.4) is 0 Å². The van der Waals surface area contributed by atoms with E-state index in [1.54, 1.807) is 4.68 Å². The van der Waals surface area contributed by atoms with Gasteiger partial charge in [0.05, 0.1) is 0 Å². The highest BCUT2D eigenvalue weighted by atomic mass is 16.5. The summed E-state index contributed by atoms with van der Waals surface area (Å²) >= 11 is 0. The van der Waals surface area contributed by atoms with Gasteiger partial charge in [-0.15, -0.1) is 0 Å². The zero-order chi connectivity index (χ0) is 23.5. The van der Waals surface area contributed by atoms with Crippen molar-refractivity contribution in [3.05, 3.63) is 83.9 Å². The zero-order valence-electron chi connectivity index (χ0n) is 19.2. The molecule has 0 fully saturated rings. The lowest BCUT2D eigenvalue weighted by Crippen LogP contribution is -2.39. The molecule has 0 spiro atoms. The molecule has 2 heterocycles. The average Bonchev–Trinajstić information content (AvgIpc) is 3.34. The molecule has 2 atom stereocenters. The summed E-state index contributed by atoms with van der Waals surface area (Å²) in [4.78, 5) is 20.5. The van der Waals surface area contributed by atoms with Gasteiger partial charge in [-0.25, -0.2) is 9.67 Å². The Balaban J connectivity index is 1.59. The minimum atomic E-state index is -0.648. The fourth-order valence-corrected chi connectivity index (χ4v) is 4.42. The van der Waals surface area contributed by atoms with Crippen LogP contribution in [-0.2, 0) is 16.1 Å². The molecule has 0 saturated carbocycles. The molecule has 0 N–H and O–H groups in total. The Morgan fingerprint density at radius 2 is 1.76 bits per heavy atom. The predicted octanol–water partition coefficient (Wildman–Crippen LogP) is 3.81. The molecule has 0 bridgehead atoms. The van der Waals surface area contributed by atoms with Crippen LogP contribution in [0.25, 0.3) is 10.8 Å². The number of aromatic nitrogens is 4. The van der Waals surface area contributed by atoms with E-state index in [4.69, 9.17) is 9.73 Å². The first-order valence-corrected chi connectivity index (χ1v) is 11.3. The molecule has 0 amide bonds. The molecule has 1 aliphatic heterocycles. The molecule has 1 aliphatic rings. The number of nitrogens with zero attached hydrogens (tertiary/aromatic N) is 6. The molecule has 1 aromatic heterocycles. The van der Waals surface area contributed by atoms with Crippen LogP contribution in [0, 0.1) is 5.92 Å². The van der Waals surface area contributed by atoms with Crippen LogP contribution in [0.5, 0.6) is 0 Å². The molecule has 8 heteroatoms. The molecular weight excluding hydrogens is 428 g/mol. The van der Waals surface area contributed by atoms with Crippen LogP contribution in [0.1, 0.15) is 23.6 Å². The normalized spacial score (nSPS) is 17.4. The monoisotopic (exact) mass is 454 g/mol. The van der Waals surface area contributed by atoms with E-state index in [-0.39, 0.29) is 12.6 Å². The first-order valence-electron chi connectivity index (χ1n) is 11.3. The molecule has 5 rings (SSSR count). The van der Waals surface area contributed by atoms with Crippen molar-refractivity contribution in [1.82, 2.24) is 25.1 Å². The minimum Gasteiger partial charge on any atom is -0.460 e. The van der Waals surface area contributed by atoms with E-state index in [1.807, 2.05) is 68.7 Å². The van der Waals surface area contributed by atoms with Crippen molar-refractivity contribution in [3.8, 4) is 0 Å². The van der Waals surface area contributed by atoms with Crippen molar-refractivity contribution in [2.45, 2.75) is 19.1 Å². The van der Waals surface area contributed by atoms with Gasteiger partial charge >= 0.3 is 5.97 Å². The zero-order valence-corrected chi connectivity index (χ0v) is 19.2. The van der Waals surface area contributed by atoms with Crippen molar-refractivity contribution in [1.29, 1.82) is 0 Å². The number of fused-ring (bicyclic) bond motifs is 2. The van der Waals surface area contributed by atoms with Gasteiger partial charge in [-0.3, -0.25) is 4.79 Å². The summed E-state index contributed by atoms with van der Waals surface area (Å²) < 4.78 is 7.49. The summed E-state index contributed by atoms with van der Waals surface area (Å²) in [6.45, 7) is 0.937. The number of rotatable bonds is 7. The van der Waals surface area contributed by atoms with Gasteiger partial charge < -0.3 is 9.64 Å². The van der Waals surface area contributed by atoms with Crippen LogP contribution >= 0.6 is 0 Å². The fraction of sp³-hybridized carbons (Fsp3) is 0.269. The number of hydrogen-bond donors (Lipinski definition) is 0. The lowest BCUT2D eigenvalue weighted by molar-refractivity contribution is -0.148. The summed E-state index contributed by atoms with van der Waals surface area (Å²) in [5.41, 5.74) is 2.63. The quantitative estimate of drug-likeness (QED) is 0.395. The summed E-state index contributed by atoms with van der Waals surface area (Å²) in [5, 5.41) is 14.4. The van der Waals surface area contributed by atoms with Crippen molar-refractivity contribution < 1.29 is 9.53 Å². The van der Waals surface area contributed by atoms with Crippen LogP contribution in [0.15, 0.2) is 77.8 Å². The molecule has 172 valence electrons. The van der Waals surface area contributed by atoms with Crippen molar-refractivity contribution in [2.75, 3.05) is 20.6 Å². The molecule has 8 nitrogen and oxygen atoms in total. The van der Waals surface area contributed by atoms with E-state index in [0.717, 1.165) is 34.2 Å². The molecule has 0 aliphatic carbocycles. The number of tetrazole rings is 1. The summed E-state index contributed by atoms with van der Waals surface area (Å²) in [5.74, 6) is -0.579. The summed E-state index contributed by atoms with van der Waals surface area (Å²) in [7, 11) is 4.00. The fourth-order valence-electron chi connectivity index (χ4n) is 4.42. The van der Waals surface area contributed by atoms with E-state index in [9.17, 15) is 4.79 Å². The van der Waals surface area contributed by atoms with Gasteiger partial charge in [-0.2, -0.15) is 0 Å². The second-order valence-electron chi connectivity index (χ2n) is 8.66. The highest BCUT2D eigenvalue weighted by molar-refractivity contribution is 6.05. The Morgan fingerprint density at radius 3 is 2.59 bits per heavy atom. The Kier molecular flexibility index (Phi) is 6.14. The largest absolute Gasteiger partial charge is 0.460 e. The lowest BCUT2D eigenvalue weighted by Gasteiger charge is -2.31. The number of ether oxygens (including phenoxy) is 1. The van der Waals surface area contributed by atoms with Crippen LogP contribution in [-0.4, -0.2) is 57.4 Å². The van der Waals surface area contributed by atoms with Crippen molar-refractivity contribution in [2.24, 2.45) is 10.9 Å². The van der Waals surface area contributed by atoms with Gasteiger partial charge in [0, 0.05) is 12.3 Å². The summed E-state index contributed by atoms with van der Waals surface area (Å²) in [6, 6.07) is 23.4. The van der Waals surface area contributed by atoms with E-state index in [2.05, 4.69) is 38.6 Å². The van der Waals surface area contributed by atoms with Crippen LogP contribution in [0.2, 0.25) is 0 Å². The SMILES string of the molecule is CN(C)CCC1=Nc2nnnn2C(c2cccc3ccccc23)C1C(=O)OCc1ccccc1. The Bertz CT molecular complexity index is 1330. The maximum Gasteiger partial charge on any atom is 0.317 e. The van der Waals surface area contributed by atoms with E-state index in [1.165, 1.54) is 0 Å². The highest BCUT2D eigenvalue weighted by Crippen LogP contribution is 2.39. The minimum absolute atomic E-state index is 0.196. The predicted molar refractivity (Wildman–Crippen MR) is 130 cm³/mol. The Morgan fingerprint density at radius 1 is 1.00 bits per heavy atom. The number of hydrogen-bond acceptors (Lipinski definition) is 7. The van der Waals surface area contributed by atoms with Gasteiger partial charge in [-0.05, 0) is 52.8 Å². The second-order valence-corrected chi connectivity index (χ2v) is 8.66. The first kappa shape index (κ1) is 21.9. The van der Waals surface area contributed by atoms with Crippen molar-refractivity contribution in [3.63, 3.8) is 0 Å². The van der Waals surface area contributed by atoms with E-state index < -0.39 is 12.0 Å². The Hall–Kier alpha value is -3.91. The van der Waals surface area contributed by atoms with E-state index >= 15 is 0 Å². The number of benzene rings is 3. The second kappa shape index (κ2) is 9.52. The molecule has 0 saturated heterocycles. The van der Waals surface area contributed by atoms with Gasteiger partial charge in [-0.1, -0.05) is 77.9 Å². The molecule has 34 heavy (non-hydrogen) atoms. The standard InChI is InChI=1S/C26H26N6O2/c1-31(2)16-15-22-23(25(33)34-17-18-9-4-3-5-10-18)24(32-26(27-22)28-29-30-32)21-14-8-12-19-11-6-7-13-20(19)21/h3-14,23-24H,15-17H2,1-2H3. The molecular formula is C26H26N6O2. The lowest BCUT2D eigenvalue weighted by atomic mass is 9.84. The maximum atomic E-state index is 13.7. The Labute approximate surface area is 197 Å². The van der Waals surface area contributed by atoms with Crippen LogP contribution < -0.4 is 0 Å².